The van der Waals surface area contributed by atoms with E-state index in [0.29, 0.717) is 31.1 Å². The number of anilines is 2. The molecule has 1 aliphatic heterocycles. The summed E-state index contributed by atoms with van der Waals surface area (Å²) in [5, 5.41) is 10.5. The lowest BCUT2D eigenvalue weighted by Gasteiger charge is -2.33. The lowest BCUT2D eigenvalue weighted by atomic mass is 10.1. The monoisotopic (exact) mass is 423 g/mol. The van der Waals surface area contributed by atoms with Gasteiger partial charge in [0, 0.05) is 31.5 Å². The fourth-order valence-corrected chi connectivity index (χ4v) is 3.51. The van der Waals surface area contributed by atoms with Crippen LogP contribution in [0.2, 0.25) is 0 Å². The van der Waals surface area contributed by atoms with Gasteiger partial charge in [-0.3, -0.25) is 4.79 Å². The summed E-state index contributed by atoms with van der Waals surface area (Å²) in [6, 6.07) is 15.9. The van der Waals surface area contributed by atoms with Crippen molar-refractivity contribution in [2.45, 2.75) is 19.5 Å². The van der Waals surface area contributed by atoms with Crippen molar-refractivity contribution in [2.24, 2.45) is 0 Å². The van der Waals surface area contributed by atoms with Crippen LogP contribution < -0.4 is 15.0 Å². The smallest absolute Gasteiger partial charge is 0.153 e. The molecule has 0 aliphatic carbocycles. The van der Waals surface area contributed by atoms with Crippen molar-refractivity contribution < 1.29 is 19.0 Å². The number of carbonyl (C=O) groups excluding carboxylic acids is 1. The third-order valence-corrected chi connectivity index (χ3v) is 5.01. The van der Waals surface area contributed by atoms with Crippen molar-refractivity contribution in [3.63, 3.8) is 0 Å². The number of benzene rings is 2. The maximum Gasteiger partial charge on any atom is 0.153 e. The Labute approximate surface area is 181 Å². The van der Waals surface area contributed by atoms with E-state index in [4.69, 9.17) is 9.84 Å². The summed E-state index contributed by atoms with van der Waals surface area (Å²) in [6.07, 6.45) is 2.55. The Bertz CT molecular complexity index is 1010. The maximum absolute atomic E-state index is 13.6. The number of aldehydes is 1. The van der Waals surface area contributed by atoms with E-state index in [9.17, 15) is 9.18 Å². The van der Waals surface area contributed by atoms with Crippen LogP contribution in [0.15, 0.2) is 60.8 Å². The zero-order valence-corrected chi connectivity index (χ0v) is 17.6. The number of rotatable bonds is 6. The van der Waals surface area contributed by atoms with E-state index in [1.54, 1.807) is 30.5 Å². The third kappa shape index (κ3) is 5.38. The molecule has 2 N–H and O–H groups in total. The summed E-state index contributed by atoms with van der Waals surface area (Å²) in [5.74, 6) is 1.23. The van der Waals surface area contributed by atoms with E-state index in [1.165, 1.54) is 6.07 Å². The first-order chi connectivity index (χ1) is 15.1. The minimum Gasteiger partial charge on any atom is -0.489 e. The summed E-state index contributed by atoms with van der Waals surface area (Å²) < 4.78 is 19.5. The van der Waals surface area contributed by atoms with Gasteiger partial charge >= 0.3 is 0 Å². The molecule has 1 aromatic heterocycles. The molecule has 0 fully saturated rings. The molecule has 2 heterocycles. The van der Waals surface area contributed by atoms with Crippen LogP contribution in [-0.2, 0) is 6.54 Å². The van der Waals surface area contributed by atoms with E-state index in [0.717, 1.165) is 36.0 Å². The highest BCUT2D eigenvalue weighted by Gasteiger charge is 2.24. The zero-order chi connectivity index (χ0) is 22.2. The summed E-state index contributed by atoms with van der Waals surface area (Å²) in [5.41, 5.74) is 3.46. The van der Waals surface area contributed by atoms with Crippen molar-refractivity contribution in [3.05, 3.63) is 83.3 Å². The first-order valence-corrected chi connectivity index (χ1v) is 10.0. The minimum absolute atomic E-state index is 0.0207. The molecule has 1 aliphatic rings. The Morgan fingerprint density at radius 2 is 2.00 bits per heavy atom. The molecule has 0 spiro atoms. The Morgan fingerprint density at radius 1 is 1.23 bits per heavy atom. The van der Waals surface area contributed by atoms with Crippen LogP contribution >= 0.6 is 0 Å². The fourth-order valence-electron chi connectivity index (χ4n) is 3.51. The zero-order valence-electron chi connectivity index (χ0n) is 17.6. The number of halogens is 1. The van der Waals surface area contributed by atoms with Crippen molar-refractivity contribution >= 4 is 17.8 Å². The predicted octanol–water partition coefficient (Wildman–Crippen LogP) is 4.21. The molecule has 2 aromatic carbocycles. The van der Waals surface area contributed by atoms with E-state index in [2.05, 4.69) is 15.2 Å². The van der Waals surface area contributed by atoms with Gasteiger partial charge in [-0.15, -0.1) is 0 Å². The number of hydrogen-bond donors (Lipinski definition) is 2. The third-order valence-electron chi connectivity index (χ3n) is 5.01. The highest BCUT2D eigenvalue weighted by atomic mass is 19.1. The molecule has 7 heteroatoms. The number of aliphatic hydroxyl groups excluding tert-OH is 1. The van der Waals surface area contributed by atoms with Crippen molar-refractivity contribution in [1.82, 2.24) is 4.98 Å². The van der Waals surface area contributed by atoms with Crippen LogP contribution in [0.5, 0.6) is 5.75 Å². The maximum atomic E-state index is 13.6. The van der Waals surface area contributed by atoms with Gasteiger partial charge in [0.15, 0.2) is 5.82 Å². The van der Waals surface area contributed by atoms with Crippen LogP contribution in [0.25, 0.3) is 0 Å². The Morgan fingerprint density at radius 3 is 2.71 bits per heavy atom. The summed E-state index contributed by atoms with van der Waals surface area (Å²) in [6.45, 7) is 3.86. The normalized spacial score (nSPS) is 13.2. The number of aliphatic hydroxyl groups is 1. The van der Waals surface area contributed by atoms with Crippen molar-refractivity contribution in [2.75, 3.05) is 30.5 Å². The topological polar surface area (TPSA) is 74.7 Å². The summed E-state index contributed by atoms with van der Waals surface area (Å²) >= 11 is 0. The van der Waals surface area contributed by atoms with Gasteiger partial charge in [0.1, 0.15) is 30.1 Å². The molecule has 1 unspecified atom stereocenters. The van der Waals surface area contributed by atoms with Gasteiger partial charge in [-0.2, -0.15) is 0 Å². The van der Waals surface area contributed by atoms with Gasteiger partial charge in [0.2, 0.25) is 0 Å². The first kappa shape index (κ1) is 22.2. The van der Waals surface area contributed by atoms with Crippen LogP contribution in [-0.4, -0.2) is 36.6 Å². The van der Waals surface area contributed by atoms with Crippen LogP contribution in [0.1, 0.15) is 34.5 Å². The van der Waals surface area contributed by atoms with Gasteiger partial charge in [-0.1, -0.05) is 36.4 Å². The Kier molecular flexibility index (Phi) is 7.56. The second-order valence-corrected chi connectivity index (χ2v) is 7.06. The van der Waals surface area contributed by atoms with Gasteiger partial charge in [-0.05, 0) is 30.2 Å². The standard InChI is InChI=1S/C23H22FN3O2.CH4O/c1-16(19-7-5-17(15-28)6-8-19)26-23-22-21(9-10-25-23)29-12-11-27(22)14-18-3-2-4-20(24)13-18;1-2/h2-10,13,15-16H,11-12,14H2,1H3,(H,25,26);2H,1H3. The summed E-state index contributed by atoms with van der Waals surface area (Å²) in [7, 11) is 1.00. The number of fused-ring (bicyclic) bond motifs is 1. The highest BCUT2D eigenvalue weighted by Crippen LogP contribution is 2.39. The van der Waals surface area contributed by atoms with Crippen LogP contribution in [0.3, 0.4) is 0 Å². The number of carbonyl (C=O) groups is 1. The molecule has 0 amide bonds. The van der Waals surface area contributed by atoms with E-state index < -0.39 is 0 Å². The van der Waals surface area contributed by atoms with E-state index >= 15 is 0 Å². The second kappa shape index (κ2) is 10.5. The van der Waals surface area contributed by atoms with E-state index in [1.807, 2.05) is 31.2 Å². The number of nitrogens with zero attached hydrogens (tertiary/aromatic N) is 2. The number of nitrogens with one attached hydrogen (secondary N) is 1. The van der Waals surface area contributed by atoms with Gasteiger partial charge in [-0.25, -0.2) is 9.37 Å². The largest absolute Gasteiger partial charge is 0.489 e. The molecule has 0 saturated heterocycles. The molecule has 3 aromatic rings. The second-order valence-electron chi connectivity index (χ2n) is 7.06. The molecule has 4 rings (SSSR count). The summed E-state index contributed by atoms with van der Waals surface area (Å²) in [4.78, 5) is 17.6. The molecule has 1 atom stereocenters. The SMILES string of the molecule is CC(Nc1nccc2c1N(Cc1cccc(F)c1)CCO2)c1ccc(C=O)cc1.CO. The molecular formula is C24H26FN3O3. The quantitative estimate of drug-likeness (QED) is 0.579. The number of pyridine rings is 1. The van der Waals surface area contributed by atoms with Crippen molar-refractivity contribution in [1.29, 1.82) is 0 Å². The molecule has 0 bridgehead atoms. The molecule has 6 nitrogen and oxygen atoms in total. The lowest BCUT2D eigenvalue weighted by molar-refractivity contribution is 0.112. The Balaban J connectivity index is 0.00000132. The predicted molar refractivity (Wildman–Crippen MR) is 119 cm³/mol. The number of hydrogen-bond acceptors (Lipinski definition) is 6. The van der Waals surface area contributed by atoms with Crippen molar-refractivity contribution in [3.8, 4) is 5.75 Å². The molecule has 162 valence electrons. The average molecular weight is 423 g/mol. The minimum atomic E-state index is -0.243. The van der Waals surface area contributed by atoms with Gasteiger partial charge in [0.05, 0.1) is 12.6 Å². The number of ether oxygens (including phenoxy) is 1. The van der Waals surface area contributed by atoms with Crippen LogP contribution in [0, 0.1) is 5.82 Å². The molecule has 0 saturated carbocycles. The average Bonchev–Trinajstić information content (AvgIpc) is 2.81. The molecule has 31 heavy (non-hydrogen) atoms. The van der Waals surface area contributed by atoms with Gasteiger partial charge < -0.3 is 20.1 Å². The lowest BCUT2D eigenvalue weighted by Crippen LogP contribution is -2.33. The first-order valence-electron chi connectivity index (χ1n) is 10.0. The fraction of sp³-hybridized carbons (Fsp3) is 0.250. The number of aromatic nitrogens is 1. The van der Waals surface area contributed by atoms with E-state index in [-0.39, 0.29) is 11.9 Å². The van der Waals surface area contributed by atoms with Crippen LogP contribution in [0.4, 0.5) is 15.9 Å². The molecule has 0 radical (unpaired) electrons. The molecular weight excluding hydrogens is 397 g/mol. The highest BCUT2D eigenvalue weighted by molar-refractivity contribution is 5.75. The van der Waals surface area contributed by atoms with Gasteiger partial charge in [0.25, 0.3) is 0 Å². The Hall–Kier alpha value is -3.45.